The average molecular weight is 262 g/mol. The molecule has 0 saturated heterocycles. The van der Waals surface area contributed by atoms with Crippen molar-refractivity contribution in [1.82, 2.24) is 15.2 Å². The Balaban J connectivity index is 1.82. The molecule has 0 unspecified atom stereocenters. The van der Waals surface area contributed by atoms with Crippen LogP contribution < -0.4 is 5.32 Å². The largest absolute Gasteiger partial charge is 0.385 e. The highest BCUT2D eigenvalue weighted by Crippen LogP contribution is 2.26. The molecule has 1 aromatic heterocycles. The molecule has 3 aromatic rings. The van der Waals surface area contributed by atoms with Gasteiger partial charge in [0.15, 0.2) is 5.82 Å². The lowest BCUT2D eigenvalue weighted by Crippen LogP contribution is -2.11. The Morgan fingerprint density at radius 2 is 1.85 bits per heavy atom. The van der Waals surface area contributed by atoms with E-state index >= 15 is 0 Å². The predicted octanol–water partition coefficient (Wildman–Crippen LogP) is 3.05. The van der Waals surface area contributed by atoms with E-state index in [9.17, 15) is 0 Å². The molecule has 20 heavy (non-hydrogen) atoms. The summed E-state index contributed by atoms with van der Waals surface area (Å²) in [7, 11) is 0. The first kappa shape index (κ1) is 11.3. The van der Waals surface area contributed by atoms with E-state index in [4.69, 9.17) is 0 Å². The van der Waals surface area contributed by atoms with Gasteiger partial charge in [0, 0.05) is 17.8 Å². The van der Waals surface area contributed by atoms with Crippen LogP contribution in [0.3, 0.4) is 0 Å². The molecule has 0 atom stereocenters. The van der Waals surface area contributed by atoms with Gasteiger partial charge in [-0.15, -0.1) is 10.2 Å². The fraction of sp³-hybridized carbons (Fsp3) is 0.188. The maximum atomic E-state index is 4.60. The van der Waals surface area contributed by atoms with Crippen molar-refractivity contribution in [3.05, 3.63) is 48.0 Å². The molecule has 0 bridgehead atoms. The van der Waals surface area contributed by atoms with E-state index in [2.05, 4.69) is 38.7 Å². The van der Waals surface area contributed by atoms with Crippen molar-refractivity contribution in [1.29, 1.82) is 0 Å². The first-order valence-corrected chi connectivity index (χ1v) is 6.87. The highest BCUT2D eigenvalue weighted by Gasteiger charge is 2.11. The van der Waals surface area contributed by atoms with Crippen LogP contribution in [0, 0.1) is 0 Å². The van der Waals surface area contributed by atoms with E-state index < -0.39 is 0 Å². The zero-order valence-electron chi connectivity index (χ0n) is 11.0. The molecule has 4 heteroatoms. The fourth-order valence-corrected chi connectivity index (χ4v) is 2.62. The molecular formula is C16H14N4. The molecule has 1 N–H and O–H groups in total. The molecule has 1 aliphatic heterocycles. The van der Waals surface area contributed by atoms with Gasteiger partial charge in [-0.1, -0.05) is 12.1 Å². The summed E-state index contributed by atoms with van der Waals surface area (Å²) in [6.45, 7) is 1.06. The Kier molecular flexibility index (Phi) is 2.59. The zero-order chi connectivity index (χ0) is 13.4. The maximum Gasteiger partial charge on any atom is 0.182 e. The Bertz CT molecular complexity index is 782. The number of para-hydroxylation sites is 1. The molecule has 0 aliphatic carbocycles. The van der Waals surface area contributed by atoms with E-state index in [1.807, 2.05) is 24.3 Å². The second-order valence-corrected chi connectivity index (χ2v) is 5.03. The molecule has 1 aliphatic rings. The molecule has 0 fully saturated rings. The van der Waals surface area contributed by atoms with Gasteiger partial charge in [0.1, 0.15) is 5.52 Å². The van der Waals surface area contributed by atoms with Crippen molar-refractivity contribution in [2.45, 2.75) is 12.8 Å². The summed E-state index contributed by atoms with van der Waals surface area (Å²) in [6.07, 6.45) is 2.28. The molecule has 4 nitrogen and oxygen atoms in total. The van der Waals surface area contributed by atoms with Crippen LogP contribution >= 0.6 is 0 Å². The van der Waals surface area contributed by atoms with Gasteiger partial charge < -0.3 is 5.32 Å². The van der Waals surface area contributed by atoms with Crippen LogP contribution in [0.5, 0.6) is 0 Å². The summed E-state index contributed by atoms with van der Waals surface area (Å²) in [5.41, 5.74) is 5.31. The summed E-state index contributed by atoms with van der Waals surface area (Å²) in [5.74, 6) is 0.692. The Morgan fingerprint density at radius 3 is 2.80 bits per heavy atom. The highest BCUT2D eigenvalue weighted by atomic mass is 15.1. The normalized spacial score (nSPS) is 13.8. The van der Waals surface area contributed by atoms with Crippen molar-refractivity contribution in [3.63, 3.8) is 0 Å². The minimum absolute atomic E-state index is 0.692. The summed E-state index contributed by atoms with van der Waals surface area (Å²) in [5, 5.41) is 11.9. The first-order chi connectivity index (χ1) is 9.90. The standard InChI is InChI=1S/C16H14N4/c1-2-6-15-14(5-1)18-16(20-19-15)12-7-8-13-11(10-12)4-3-9-17-13/h1-2,5-8,10,17H,3-4,9H2. The van der Waals surface area contributed by atoms with Gasteiger partial charge in [0.05, 0.1) is 5.52 Å². The molecule has 98 valence electrons. The second kappa shape index (κ2) is 4.56. The number of rotatable bonds is 1. The lowest BCUT2D eigenvalue weighted by molar-refractivity contribution is 0.830. The van der Waals surface area contributed by atoms with Gasteiger partial charge in [0.25, 0.3) is 0 Å². The van der Waals surface area contributed by atoms with E-state index in [-0.39, 0.29) is 0 Å². The number of hydrogen-bond donors (Lipinski definition) is 1. The third-order valence-corrected chi connectivity index (χ3v) is 3.66. The summed E-state index contributed by atoms with van der Waals surface area (Å²) in [4.78, 5) is 4.60. The van der Waals surface area contributed by atoms with Crippen LogP contribution in [0.1, 0.15) is 12.0 Å². The number of aromatic nitrogens is 3. The van der Waals surface area contributed by atoms with E-state index in [1.165, 1.54) is 17.7 Å². The minimum Gasteiger partial charge on any atom is -0.385 e. The third-order valence-electron chi connectivity index (χ3n) is 3.66. The van der Waals surface area contributed by atoms with Crippen molar-refractivity contribution in [3.8, 4) is 11.4 Å². The number of hydrogen-bond acceptors (Lipinski definition) is 4. The van der Waals surface area contributed by atoms with Crippen molar-refractivity contribution < 1.29 is 0 Å². The molecule has 4 rings (SSSR count). The topological polar surface area (TPSA) is 50.7 Å². The summed E-state index contributed by atoms with van der Waals surface area (Å²) in [6, 6.07) is 14.2. The van der Waals surface area contributed by atoms with Gasteiger partial charge >= 0.3 is 0 Å². The van der Waals surface area contributed by atoms with Crippen LogP contribution in [0.15, 0.2) is 42.5 Å². The monoisotopic (exact) mass is 262 g/mol. The van der Waals surface area contributed by atoms with E-state index in [0.717, 1.165) is 29.6 Å². The number of anilines is 1. The molecule has 0 amide bonds. The van der Waals surface area contributed by atoms with E-state index in [1.54, 1.807) is 0 Å². The molecular weight excluding hydrogens is 248 g/mol. The highest BCUT2D eigenvalue weighted by molar-refractivity contribution is 5.75. The van der Waals surface area contributed by atoms with Crippen LogP contribution in [-0.2, 0) is 6.42 Å². The Hall–Kier alpha value is -2.49. The smallest absolute Gasteiger partial charge is 0.182 e. The van der Waals surface area contributed by atoms with Gasteiger partial charge in [0.2, 0.25) is 0 Å². The lowest BCUT2D eigenvalue weighted by atomic mass is 10.0. The fourth-order valence-electron chi connectivity index (χ4n) is 2.62. The van der Waals surface area contributed by atoms with Crippen molar-refractivity contribution >= 4 is 16.7 Å². The third kappa shape index (κ3) is 1.90. The molecule has 0 radical (unpaired) electrons. The van der Waals surface area contributed by atoms with Gasteiger partial charge in [-0.2, -0.15) is 0 Å². The summed E-state index contributed by atoms with van der Waals surface area (Å²) >= 11 is 0. The van der Waals surface area contributed by atoms with Crippen LogP contribution in [0.25, 0.3) is 22.4 Å². The van der Waals surface area contributed by atoms with Crippen molar-refractivity contribution in [2.24, 2.45) is 0 Å². The maximum absolute atomic E-state index is 4.60. The molecule has 0 spiro atoms. The second-order valence-electron chi connectivity index (χ2n) is 5.03. The number of nitrogens with one attached hydrogen (secondary N) is 1. The van der Waals surface area contributed by atoms with Gasteiger partial charge in [-0.05, 0) is 48.7 Å². The first-order valence-electron chi connectivity index (χ1n) is 6.87. The Morgan fingerprint density at radius 1 is 0.950 bits per heavy atom. The number of benzene rings is 2. The molecule has 0 saturated carbocycles. The molecule has 2 heterocycles. The van der Waals surface area contributed by atoms with Gasteiger partial charge in [-0.25, -0.2) is 4.98 Å². The van der Waals surface area contributed by atoms with Crippen molar-refractivity contribution in [2.75, 3.05) is 11.9 Å². The van der Waals surface area contributed by atoms with E-state index in [0.29, 0.717) is 5.82 Å². The van der Waals surface area contributed by atoms with Crippen LogP contribution in [-0.4, -0.2) is 21.7 Å². The van der Waals surface area contributed by atoms with Gasteiger partial charge in [-0.3, -0.25) is 0 Å². The molecule has 2 aromatic carbocycles. The lowest BCUT2D eigenvalue weighted by Gasteiger charge is -2.18. The van der Waals surface area contributed by atoms with Crippen LogP contribution in [0.4, 0.5) is 5.69 Å². The summed E-state index contributed by atoms with van der Waals surface area (Å²) < 4.78 is 0. The zero-order valence-corrected chi connectivity index (χ0v) is 11.0. The SMILES string of the molecule is c1ccc2nc(-c3ccc4c(c3)CCCN4)nnc2c1. The predicted molar refractivity (Wildman–Crippen MR) is 79.6 cm³/mol. The average Bonchev–Trinajstić information content (AvgIpc) is 2.54. The minimum atomic E-state index is 0.692. The van der Waals surface area contributed by atoms with Crippen LogP contribution in [0.2, 0.25) is 0 Å². The Labute approximate surface area is 116 Å². The quantitative estimate of drug-likeness (QED) is 0.732. The number of nitrogens with zero attached hydrogens (tertiary/aromatic N) is 3. The number of aryl methyl sites for hydroxylation is 1. The number of fused-ring (bicyclic) bond motifs is 2.